The highest BCUT2D eigenvalue weighted by atomic mass is 32.1. The van der Waals surface area contributed by atoms with Crippen LogP contribution in [0.4, 0.5) is 10.5 Å². The van der Waals surface area contributed by atoms with E-state index in [1.807, 2.05) is 92.7 Å². The third-order valence-corrected chi connectivity index (χ3v) is 7.97. The van der Waals surface area contributed by atoms with E-state index in [-0.39, 0.29) is 0 Å². The molecule has 2 heterocycles. The number of furan rings is 1. The van der Waals surface area contributed by atoms with Crippen molar-refractivity contribution in [3.63, 3.8) is 0 Å². The fraction of sp³-hybridized carbons (Fsp3) is 0.194. The van der Waals surface area contributed by atoms with Gasteiger partial charge in [0.05, 0.1) is 5.01 Å². The Balaban J connectivity index is 1.24. The third-order valence-electron chi connectivity index (χ3n) is 7.00. The first kappa shape index (κ1) is 24.9. The molecule has 1 saturated carbocycles. The Bertz CT molecular complexity index is 1630. The van der Waals surface area contributed by atoms with Gasteiger partial charge in [0.1, 0.15) is 22.1 Å². The van der Waals surface area contributed by atoms with Crippen molar-refractivity contribution >= 4 is 40.0 Å². The van der Waals surface area contributed by atoms with E-state index in [9.17, 15) is 9.59 Å². The highest BCUT2D eigenvalue weighted by Crippen LogP contribution is 2.49. The van der Waals surface area contributed by atoms with Crippen molar-refractivity contribution < 1.29 is 23.5 Å². The zero-order valence-corrected chi connectivity index (χ0v) is 22.3. The Kier molecular flexibility index (Phi) is 6.40. The molecule has 5 aromatic rings. The van der Waals surface area contributed by atoms with Gasteiger partial charge in [-0.1, -0.05) is 78.9 Å². The maximum atomic E-state index is 12.9. The van der Waals surface area contributed by atoms with Gasteiger partial charge in [0.2, 0.25) is 5.71 Å². The predicted octanol–water partition coefficient (Wildman–Crippen LogP) is 8.00. The minimum atomic E-state index is -0.565. The van der Waals surface area contributed by atoms with Crippen molar-refractivity contribution in [2.45, 2.75) is 38.4 Å². The Morgan fingerprint density at radius 1 is 1.00 bits per heavy atom. The fourth-order valence-electron chi connectivity index (χ4n) is 4.75. The lowest BCUT2D eigenvalue weighted by atomic mass is 9.99. The fourth-order valence-corrected chi connectivity index (χ4v) is 5.59. The summed E-state index contributed by atoms with van der Waals surface area (Å²) < 4.78 is 17.8. The van der Waals surface area contributed by atoms with Crippen LogP contribution in [-0.2, 0) is 19.9 Å². The van der Waals surface area contributed by atoms with Crippen molar-refractivity contribution in [2.24, 2.45) is 0 Å². The average molecular weight is 539 g/mol. The topological polar surface area (TPSA) is 90.7 Å². The first-order chi connectivity index (χ1) is 19.0. The van der Waals surface area contributed by atoms with Crippen LogP contribution in [0.1, 0.15) is 42.0 Å². The van der Waals surface area contributed by atoms with E-state index in [4.69, 9.17) is 13.9 Å². The number of anilines is 1. The monoisotopic (exact) mass is 538 g/mol. The van der Waals surface area contributed by atoms with Gasteiger partial charge in [-0.15, -0.1) is 11.3 Å². The van der Waals surface area contributed by atoms with E-state index in [2.05, 4.69) is 10.3 Å². The highest BCUT2D eigenvalue weighted by Gasteiger charge is 2.46. The molecule has 3 aromatic carbocycles. The molecule has 1 unspecified atom stereocenters. The quantitative estimate of drug-likeness (QED) is 0.201. The van der Waals surface area contributed by atoms with E-state index < -0.39 is 17.8 Å². The highest BCUT2D eigenvalue weighted by molar-refractivity contribution is 7.19. The molecule has 6 rings (SSSR count). The van der Waals surface area contributed by atoms with E-state index >= 15 is 0 Å². The minimum absolute atomic E-state index is 0.411. The first-order valence-electron chi connectivity index (χ1n) is 12.7. The van der Waals surface area contributed by atoms with Crippen LogP contribution in [0.3, 0.4) is 0 Å². The number of carbonyl (C=O) groups is 2. The molecular formula is C31H26N2O5S. The number of aromatic nitrogens is 1. The number of hydrogen-bond acceptors (Lipinski definition) is 7. The lowest BCUT2D eigenvalue weighted by molar-refractivity contribution is -0.136. The normalized spacial score (nSPS) is 14.5. The van der Waals surface area contributed by atoms with Crippen LogP contribution in [-0.4, -0.2) is 17.5 Å². The summed E-state index contributed by atoms with van der Waals surface area (Å²) in [6, 6.07) is 25.6. The lowest BCUT2D eigenvalue weighted by Crippen LogP contribution is -2.16. The summed E-state index contributed by atoms with van der Waals surface area (Å²) in [5.41, 5.74) is 5.37. The van der Waals surface area contributed by atoms with Crippen molar-refractivity contribution in [3.05, 3.63) is 95.0 Å². The molecule has 0 bridgehead atoms. The minimum Gasteiger partial charge on any atom is -0.456 e. The number of aryl methyl sites for hydroxylation is 1. The second-order valence-corrected chi connectivity index (χ2v) is 10.8. The Morgan fingerprint density at radius 2 is 1.64 bits per heavy atom. The van der Waals surface area contributed by atoms with Crippen LogP contribution in [0.15, 0.2) is 83.3 Å². The van der Waals surface area contributed by atoms with Crippen molar-refractivity contribution in [1.29, 1.82) is 0 Å². The van der Waals surface area contributed by atoms with Crippen molar-refractivity contribution in [2.75, 3.05) is 5.32 Å². The SMILES string of the molecule is Cc1nc2oc(-c3ccc(-c4ccc(C5(OC=O)CC5)cc4)cc3)c(NC(=O)OC(C)c3ccccc3)c2s1. The van der Waals surface area contributed by atoms with E-state index in [0.29, 0.717) is 23.6 Å². The second kappa shape index (κ2) is 10.0. The zero-order chi connectivity index (χ0) is 27.0. The van der Waals surface area contributed by atoms with E-state index in [1.54, 1.807) is 0 Å². The number of nitrogens with one attached hydrogen (secondary N) is 1. The van der Waals surface area contributed by atoms with Crippen LogP contribution >= 0.6 is 11.3 Å². The number of nitrogens with zero attached hydrogens (tertiary/aromatic N) is 1. The van der Waals surface area contributed by atoms with E-state index in [0.717, 1.165) is 50.4 Å². The standard InChI is InChI=1S/C31H26N2O5S/c1-19(21-6-4-3-5-7-21)37-30(35)33-26-27(38-29-28(26)39-20(2)32-29)24-10-8-22(9-11-24)23-12-14-25(15-13-23)31(16-17-31)36-18-34/h3-15,18-19H,16-17H2,1-2H3,(H,33,35). The largest absolute Gasteiger partial charge is 0.456 e. The number of amides is 1. The van der Waals surface area contributed by atoms with Gasteiger partial charge >= 0.3 is 6.09 Å². The Labute approximate surface area is 229 Å². The summed E-state index contributed by atoms with van der Waals surface area (Å²) in [7, 11) is 0. The maximum absolute atomic E-state index is 12.9. The summed E-state index contributed by atoms with van der Waals surface area (Å²) in [6.45, 7) is 4.26. The summed E-state index contributed by atoms with van der Waals surface area (Å²) in [6.07, 6.45) is 0.726. The molecule has 2 aromatic heterocycles. The molecule has 0 aliphatic heterocycles. The van der Waals surface area contributed by atoms with Gasteiger partial charge in [-0.25, -0.2) is 9.78 Å². The lowest BCUT2D eigenvalue weighted by Gasteiger charge is -2.14. The molecule has 8 heteroatoms. The molecule has 1 aliphatic carbocycles. The van der Waals surface area contributed by atoms with Gasteiger partial charge in [-0.3, -0.25) is 10.1 Å². The van der Waals surface area contributed by atoms with Crippen molar-refractivity contribution in [3.8, 4) is 22.5 Å². The summed E-state index contributed by atoms with van der Waals surface area (Å²) >= 11 is 1.46. The van der Waals surface area contributed by atoms with Gasteiger partial charge in [0, 0.05) is 5.56 Å². The molecule has 1 atom stereocenters. The number of carbonyl (C=O) groups excluding carboxylic acids is 2. The number of ether oxygens (including phenoxy) is 2. The number of thiazole rings is 1. The average Bonchev–Trinajstić information content (AvgIpc) is 3.55. The molecule has 0 spiro atoms. The van der Waals surface area contributed by atoms with Gasteiger partial charge in [0.15, 0.2) is 5.76 Å². The molecule has 0 radical (unpaired) electrons. The van der Waals surface area contributed by atoms with Crippen LogP contribution < -0.4 is 5.32 Å². The van der Waals surface area contributed by atoms with E-state index in [1.165, 1.54) is 11.3 Å². The Hall–Kier alpha value is -4.43. The number of benzene rings is 3. The first-order valence-corrected chi connectivity index (χ1v) is 13.5. The number of fused-ring (bicyclic) bond motifs is 1. The molecule has 1 aliphatic rings. The van der Waals surface area contributed by atoms with Crippen LogP contribution in [0.2, 0.25) is 0 Å². The molecule has 1 N–H and O–H groups in total. The van der Waals surface area contributed by atoms with Crippen LogP contribution in [0, 0.1) is 6.92 Å². The molecule has 196 valence electrons. The summed E-state index contributed by atoms with van der Waals surface area (Å²) in [5, 5.41) is 3.75. The number of rotatable bonds is 8. The van der Waals surface area contributed by atoms with Gasteiger partial charge in [0.25, 0.3) is 6.47 Å². The molecule has 1 amide bonds. The zero-order valence-electron chi connectivity index (χ0n) is 21.5. The van der Waals surface area contributed by atoms with Crippen LogP contribution in [0.5, 0.6) is 0 Å². The molecule has 0 saturated heterocycles. The Morgan fingerprint density at radius 3 is 2.28 bits per heavy atom. The summed E-state index contributed by atoms with van der Waals surface area (Å²) in [4.78, 5) is 28.2. The molecule has 39 heavy (non-hydrogen) atoms. The molecular weight excluding hydrogens is 512 g/mol. The third kappa shape index (κ3) is 4.91. The molecule has 1 fully saturated rings. The second-order valence-electron chi connectivity index (χ2n) is 9.62. The predicted molar refractivity (Wildman–Crippen MR) is 151 cm³/mol. The van der Waals surface area contributed by atoms with Gasteiger partial charge in [-0.05, 0) is 48.9 Å². The van der Waals surface area contributed by atoms with Crippen LogP contribution in [0.25, 0.3) is 32.9 Å². The van der Waals surface area contributed by atoms with Gasteiger partial charge < -0.3 is 13.9 Å². The summed E-state index contributed by atoms with van der Waals surface area (Å²) in [5.74, 6) is 0.525. The maximum Gasteiger partial charge on any atom is 0.412 e. The van der Waals surface area contributed by atoms with Gasteiger partial charge in [-0.2, -0.15) is 0 Å². The smallest absolute Gasteiger partial charge is 0.412 e. The van der Waals surface area contributed by atoms with Crippen molar-refractivity contribution in [1.82, 2.24) is 4.98 Å². The number of hydrogen-bond donors (Lipinski definition) is 1. The molecule has 7 nitrogen and oxygen atoms in total.